The average Bonchev–Trinajstić information content (AvgIpc) is 2.99. The maximum atomic E-state index is 13.2. The lowest BCUT2D eigenvalue weighted by molar-refractivity contribution is -0.150. The van der Waals surface area contributed by atoms with E-state index in [4.69, 9.17) is 0 Å². The number of aromatic nitrogens is 1. The largest absolute Gasteiger partial charge is 0.299 e. The fourth-order valence-electron chi connectivity index (χ4n) is 7.81. The van der Waals surface area contributed by atoms with Crippen molar-refractivity contribution in [3.8, 4) is 0 Å². The van der Waals surface area contributed by atoms with Gasteiger partial charge < -0.3 is 0 Å². The van der Waals surface area contributed by atoms with Crippen molar-refractivity contribution in [3.63, 3.8) is 0 Å². The fraction of sp³-hybridized carbons (Fsp3) is 0.680. The Morgan fingerprint density at radius 2 is 1.93 bits per heavy atom. The van der Waals surface area contributed by atoms with Gasteiger partial charge in [0.25, 0.3) is 0 Å². The lowest BCUT2D eigenvalue weighted by Gasteiger charge is -2.59. The molecule has 4 unspecified atom stereocenters. The summed E-state index contributed by atoms with van der Waals surface area (Å²) in [4.78, 5) is 17.6. The molecule has 2 nitrogen and oxygen atoms in total. The van der Waals surface area contributed by atoms with Crippen molar-refractivity contribution in [1.29, 1.82) is 0 Å². The number of ketones is 1. The van der Waals surface area contributed by atoms with Crippen LogP contribution in [0, 0.1) is 41.4 Å². The minimum atomic E-state index is 0.217. The standard InChI is InChI=1S/C25H33NO/c1-16-12-17(15-26-14-16)19-7-8-20-18-13-23(27)22-6-4-5-10-24(22,2)21(18)9-11-25(19,20)3/h7,12,14-15,18,20-22H,4-6,8-11,13H2,1-3H3/t18?,20?,21?,22?,24-,25-/m1/s1. The van der Waals surface area contributed by atoms with Crippen molar-refractivity contribution < 1.29 is 4.79 Å². The molecule has 0 aliphatic heterocycles. The Bertz CT molecular complexity index is 810. The van der Waals surface area contributed by atoms with Crippen LogP contribution in [0.4, 0.5) is 0 Å². The summed E-state index contributed by atoms with van der Waals surface area (Å²) in [5, 5.41) is 0. The number of rotatable bonds is 1. The topological polar surface area (TPSA) is 30.0 Å². The Kier molecular flexibility index (Phi) is 3.94. The molecule has 144 valence electrons. The summed E-state index contributed by atoms with van der Waals surface area (Å²) < 4.78 is 0. The first-order valence-corrected chi connectivity index (χ1v) is 11.1. The molecule has 0 aromatic carbocycles. The molecule has 0 amide bonds. The molecule has 0 N–H and O–H groups in total. The highest BCUT2D eigenvalue weighted by atomic mass is 16.1. The number of carbonyl (C=O) groups excluding carboxylic acids is 1. The Morgan fingerprint density at radius 1 is 1.07 bits per heavy atom. The maximum Gasteiger partial charge on any atom is 0.136 e. The lowest BCUT2D eigenvalue weighted by Crippen LogP contribution is -2.55. The van der Waals surface area contributed by atoms with Crippen molar-refractivity contribution >= 4 is 11.4 Å². The van der Waals surface area contributed by atoms with Gasteiger partial charge in [0.05, 0.1) is 0 Å². The predicted molar refractivity (Wildman–Crippen MR) is 109 cm³/mol. The lowest BCUT2D eigenvalue weighted by atomic mass is 9.44. The first-order valence-electron chi connectivity index (χ1n) is 11.1. The molecule has 0 saturated heterocycles. The number of Topliss-reactive ketones (excluding diaryl/α,β-unsaturated/α-hetero) is 1. The van der Waals surface area contributed by atoms with Gasteiger partial charge in [0.15, 0.2) is 0 Å². The van der Waals surface area contributed by atoms with Crippen LogP contribution in [0.3, 0.4) is 0 Å². The van der Waals surface area contributed by atoms with Crippen LogP contribution in [0.25, 0.3) is 5.57 Å². The zero-order chi connectivity index (χ0) is 18.8. The molecular formula is C25H33NO. The third-order valence-electron chi connectivity index (χ3n) is 9.13. The number of fused-ring (bicyclic) bond motifs is 5. The monoisotopic (exact) mass is 363 g/mol. The second kappa shape index (κ2) is 6.03. The van der Waals surface area contributed by atoms with Crippen LogP contribution in [0.1, 0.15) is 76.3 Å². The zero-order valence-corrected chi connectivity index (χ0v) is 17.1. The highest BCUT2D eigenvalue weighted by Crippen LogP contribution is 2.66. The van der Waals surface area contributed by atoms with Crippen LogP contribution in [0.2, 0.25) is 0 Å². The van der Waals surface area contributed by atoms with E-state index in [0.717, 1.165) is 25.2 Å². The Morgan fingerprint density at radius 3 is 2.74 bits per heavy atom. The second-order valence-electron chi connectivity index (χ2n) is 10.4. The first kappa shape index (κ1) is 17.6. The minimum absolute atomic E-state index is 0.217. The van der Waals surface area contributed by atoms with E-state index in [0.29, 0.717) is 23.5 Å². The van der Waals surface area contributed by atoms with E-state index in [2.05, 4.69) is 37.9 Å². The van der Waals surface area contributed by atoms with E-state index in [1.165, 1.54) is 48.8 Å². The van der Waals surface area contributed by atoms with Crippen LogP contribution in [0.5, 0.6) is 0 Å². The first-order chi connectivity index (χ1) is 12.9. The van der Waals surface area contributed by atoms with Gasteiger partial charge in [0.2, 0.25) is 0 Å². The van der Waals surface area contributed by atoms with Gasteiger partial charge in [-0.2, -0.15) is 0 Å². The number of aryl methyl sites for hydroxylation is 1. The molecule has 1 aromatic rings. The molecular weight excluding hydrogens is 330 g/mol. The van der Waals surface area contributed by atoms with E-state index in [-0.39, 0.29) is 10.8 Å². The number of hydrogen-bond donors (Lipinski definition) is 0. The van der Waals surface area contributed by atoms with E-state index in [9.17, 15) is 4.79 Å². The Hall–Kier alpha value is -1.44. The zero-order valence-electron chi connectivity index (χ0n) is 17.1. The van der Waals surface area contributed by atoms with Crippen molar-refractivity contribution in [2.24, 2.45) is 34.5 Å². The fourth-order valence-corrected chi connectivity index (χ4v) is 7.81. The molecule has 3 saturated carbocycles. The Balaban J connectivity index is 1.49. The van der Waals surface area contributed by atoms with Crippen LogP contribution >= 0.6 is 0 Å². The molecule has 0 radical (unpaired) electrons. The van der Waals surface area contributed by atoms with Gasteiger partial charge in [-0.1, -0.05) is 32.8 Å². The smallest absolute Gasteiger partial charge is 0.136 e. The molecule has 27 heavy (non-hydrogen) atoms. The van der Waals surface area contributed by atoms with Gasteiger partial charge in [0, 0.05) is 24.7 Å². The van der Waals surface area contributed by atoms with Crippen LogP contribution in [0.15, 0.2) is 24.5 Å². The number of pyridine rings is 1. The van der Waals surface area contributed by atoms with Gasteiger partial charge >= 0.3 is 0 Å². The third-order valence-corrected chi connectivity index (χ3v) is 9.13. The summed E-state index contributed by atoms with van der Waals surface area (Å²) in [6.45, 7) is 7.09. The summed E-state index contributed by atoms with van der Waals surface area (Å²) in [5.41, 5.74) is 4.54. The second-order valence-corrected chi connectivity index (χ2v) is 10.4. The Labute approximate surface area is 163 Å². The van der Waals surface area contributed by atoms with Crippen molar-refractivity contribution in [2.75, 3.05) is 0 Å². The number of hydrogen-bond acceptors (Lipinski definition) is 2. The van der Waals surface area contributed by atoms with Gasteiger partial charge in [-0.05, 0) is 90.4 Å². The summed E-state index contributed by atoms with van der Waals surface area (Å²) in [6, 6.07) is 2.29. The molecule has 0 bridgehead atoms. The summed E-state index contributed by atoms with van der Waals surface area (Å²) in [5.74, 6) is 2.92. The minimum Gasteiger partial charge on any atom is -0.299 e. The highest BCUT2D eigenvalue weighted by molar-refractivity contribution is 5.83. The number of carbonyl (C=O) groups is 1. The summed E-state index contributed by atoms with van der Waals surface area (Å²) in [6.07, 6.45) is 16.1. The molecule has 1 aromatic heterocycles. The van der Waals surface area contributed by atoms with Crippen molar-refractivity contribution in [2.45, 2.75) is 72.1 Å². The molecule has 1 heterocycles. The van der Waals surface area contributed by atoms with Gasteiger partial charge in [-0.25, -0.2) is 0 Å². The molecule has 6 atom stereocenters. The highest BCUT2D eigenvalue weighted by Gasteiger charge is 2.60. The van der Waals surface area contributed by atoms with Crippen LogP contribution in [-0.4, -0.2) is 10.8 Å². The van der Waals surface area contributed by atoms with Gasteiger partial charge in [-0.3, -0.25) is 9.78 Å². The van der Waals surface area contributed by atoms with Crippen molar-refractivity contribution in [1.82, 2.24) is 4.98 Å². The van der Waals surface area contributed by atoms with Crippen LogP contribution in [-0.2, 0) is 4.79 Å². The maximum absolute atomic E-state index is 13.2. The van der Waals surface area contributed by atoms with E-state index in [1.54, 1.807) is 0 Å². The summed E-state index contributed by atoms with van der Waals surface area (Å²) in [7, 11) is 0. The van der Waals surface area contributed by atoms with Crippen LogP contribution < -0.4 is 0 Å². The number of allylic oxidation sites excluding steroid dienone is 2. The van der Waals surface area contributed by atoms with Gasteiger partial charge in [-0.15, -0.1) is 0 Å². The predicted octanol–water partition coefficient (Wildman–Crippen LogP) is 6.00. The third kappa shape index (κ3) is 2.44. The van der Waals surface area contributed by atoms with E-state index >= 15 is 0 Å². The van der Waals surface area contributed by atoms with Gasteiger partial charge in [0.1, 0.15) is 5.78 Å². The number of nitrogens with zero attached hydrogens (tertiary/aromatic N) is 1. The SMILES string of the molecule is Cc1cncc(C2=CCC3C4CC(=O)C5CCCC[C@]5(C)C4CC[C@]23C)c1. The van der Waals surface area contributed by atoms with E-state index < -0.39 is 0 Å². The quantitative estimate of drug-likeness (QED) is 0.613. The summed E-state index contributed by atoms with van der Waals surface area (Å²) >= 11 is 0. The molecule has 2 heteroatoms. The normalized spacial score (nSPS) is 43.5. The van der Waals surface area contributed by atoms with Crippen molar-refractivity contribution in [3.05, 3.63) is 35.7 Å². The molecule has 5 rings (SSSR count). The molecule has 4 aliphatic rings. The molecule has 3 fully saturated rings. The molecule has 0 spiro atoms. The average molecular weight is 364 g/mol. The van der Waals surface area contributed by atoms with E-state index in [1.807, 2.05) is 12.4 Å². The molecule has 4 aliphatic carbocycles.